The molecule has 1 heterocycles. The summed E-state index contributed by atoms with van der Waals surface area (Å²) in [5.41, 5.74) is 0.234. The number of benzene rings is 2. The van der Waals surface area contributed by atoms with Crippen molar-refractivity contribution in [1.29, 1.82) is 5.26 Å². The number of nitrogens with zero attached hydrogens (tertiary/aromatic N) is 3. The Hall–Kier alpha value is -1.96. The fourth-order valence-corrected chi connectivity index (χ4v) is 6.58. The Morgan fingerprint density at radius 2 is 1.77 bits per heavy atom. The van der Waals surface area contributed by atoms with Gasteiger partial charge >= 0.3 is 6.09 Å². The molecular formula is C20H19Cl2N3O4S2. The van der Waals surface area contributed by atoms with E-state index in [0.29, 0.717) is 19.8 Å². The summed E-state index contributed by atoms with van der Waals surface area (Å²) in [5.74, 6) is 0. The van der Waals surface area contributed by atoms with Gasteiger partial charge in [0, 0.05) is 46.0 Å². The topological polar surface area (TPSA) is 90.7 Å². The number of hydrogen-bond donors (Lipinski definition) is 0. The number of ether oxygens (including phenoxy) is 1. The fourth-order valence-electron chi connectivity index (χ4n) is 3.04. The summed E-state index contributed by atoms with van der Waals surface area (Å²) in [5, 5.41) is 10.1. The highest BCUT2D eigenvalue weighted by molar-refractivity contribution is 8.00. The maximum atomic E-state index is 13.4. The second-order valence-electron chi connectivity index (χ2n) is 6.57. The molecule has 1 amide bonds. The lowest BCUT2D eigenvalue weighted by atomic mass is 10.2. The Balaban J connectivity index is 1.90. The number of amides is 1. The van der Waals surface area contributed by atoms with Crippen molar-refractivity contribution in [3.8, 4) is 6.07 Å². The van der Waals surface area contributed by atoms with Crippen LogP contribution in [0.4, 0.5) is 4.79 Å². The van der Waals surface area contributed by atoms with E-state index < -0.39 is 16.1 Å². The molecule has 0 spiro atoms. The van der Waals surface area contributed by atoms with E-state index in [4.69, 9.17) is 27.9 Å². The summed E-state index contributed by atoms with van der Waals surface area (Å²) in [7, 11) is -3.91. The third kappa shape index (κ3) is 5.64. The van der Waals surface area contributed by atoms with Gasteiger partial charge in [0.25, 0.3) is 0 Å². The highest BCUT2D eigenvalue weighted by Gasteiger charge is 2.32. The van der Waals surface area contributed by atoms with E-state index >= 15 is 0 Å². The van der Waals surface area contributed by atoms with Crippen molar-refractivity contribution in [2.75, 3.05) is 32.8 Å². The highest BCUT2D eigenvalue weighted by Crippen LogP contribution is 2.37. The average Bonchev–Trinajstić information content (AvgIpc) is 2.73. The van der Waals surface area contributed by atoms with Gasteiger partial charge in [0.1, 0.15) is 0 Å². The number of sulfonamides is 1. The van der Waals surface area contributed by atoms with Crippen LogP contribution < -0.4 is 0 Å². The lowest BCUT2D eigenvalue weighted by molar-refractivity contribution is 0.0934. The Labute approximate surface area is 195 Å². The van der Waals surface area contributed by atoms with Gasteiger partial charge < -0.3 is 9.64 Å². The SMILES string of the molecule is CCOC(=O)N1CCN(S(=O)(=O)c2cc(C#N)ccc2Sc2cc(Cl)cc(Cl)c2)CC1. The Morgan fingerprint density at radius 1 is 1.13 bits per heavy atom. The predicted molar refractivity (Wildman–Crippen MR) is 119 cm³/mol. The minimum Gasteiger partial charge on any atom is -0.450 e. The quantitative estimate of drug-likeness (QED) is 0.602. The molecule has 31 heavy (non-hydrogen) atoms. The zero-order valence-corrected chi connectivity index (χ0v) is 19.7. The van der Waals surface area contributed by atoms with Crippen molar-refractivity contribution in [1.82, 2.24) is 9.21 Å². The fraction of sp³-hybridized carbons (Fsp3) is 0.300. The van der Waals surface area contributed by atoms with Crippen molar-refractivity contribution in [3.05, 3.63) is 52.0 Å². The molecule has 1 fully saturated rings. The van der Waals surface area contributed by atoms with Crippen LogP contribution in [0.1, 0.15) is 12.5 Å². The van der Waals surface area contributed by atoms with Crippen molar-refractivity contribution in [2.45, 2.75) is 21.6 Å². The number of carbonyl (C=O) groups is 1. The van der Waals surface area contributed by atoms with Crippen LogP contribution in [0, 0.1) is 11.3 Å². The van der Waals surface area contributed by atoms with Crippen LogP contribution in [0.5, 0.6) is 0 Å². The van der Waals surface area contributed by atoms with E-state index in [1.54, 1.807) is 37.3 Å². The summed E-state index contributed by atoms with van der Waals surface area (Å²) >= 11 is 13.3. The van der Waals surface area contributed by atoms with Gasteiger partial charge in [-0.1, -0.05) is 35.0 Å². The molecule has 0 aromatic heterocycles. The lowest BCUT2D eigenvalue weighted by Gasteiger charge is -2.33. The van der Waals surface area contributed by atoms with Gasteiger partial charge in [-0.05, 0) is 43.3 Å². The van der Waals surface area contributed by atoms with E-state index in [1.165, 1.54) is 27.0 Å². The van der Waals surface area contributed by atoms with Gasteiger partial charge in [-0.2, -0.15) is 9.57 Å². The molecule has 0 unspecified atom stereocenters. The molecular weight excluding hydrogens is 481 g/mol. The molecule has 11 heteroatoms. The van der Waals surface area contributed by atoms with E-state index in [0.717, 1.165) is 0 Å². The smallest absolute Gasteiger partial charge is 0.409 e. The Bertz CT molecular complexity index is 1110. The van der Waals surface area contributed by atoms with Crippen LogP contribution in [0.2, 0.25) is 10.0 Å². The molecule has 2 aromatic carbocycles. The molecule has 1 aliphatic rings. The summed E-state index contributed by atoms with van der Waals surface area (Å²) in [6, 6.07) is 11.5. The maximum Gasteiger partial charge on any atom is 0.409 e. The number of rotatable bonds is 5. The first-order valence-electron chi connectivity index (χ1n) is 9.34. The van der Waals surface area contributed by atoms with Crippen LogP contribution in [-0.2, 0) is 14.8 Å². The maximum absolute atomic E-state index is 13.4. The van der Waals surface area contributed by atoms with Crippen molar-refractivity contribution in [3.63, 3.8) is 0 Å². The van der Waals surface area contributed by atoms with Gasteiger partial charge in [-0.15, -0.1) is 0 Å². The molecule has 7 nitrogen and oxygen atoms in total. The van der Waals surface area contributed by atoms with Crippen LogP contribution >= 0.6 is 35.0 Å². The normalized spacial score (nSPS) is 14.8. The highest BCUT2D eigenvalue weighted by atomic mass is 35.5. The first-order valence-corrected chi connectivity index (χ1v) is 12.4. The van der Waals surface area contributed by atoms with Crippen molar-refractivity contribution in [2.24, 2.45) is 0 Å². The van der Waals surface area contributed by atoms with E-state index in [1.807, 2.05) is 6.07 Å². The molecule has 0 radical (unpaired) electrons. The molecule has 0 atom stereocenters. The Morgan fingerprint density at radius 3 is 2.35 bits per heavy atom. The third-order valence-corrected chi connectivity index (χ3v) is 8.07. The number of hydrogen-bond acceptors (Lipinski definition) is 6. The van der Waals surface area contributed by atoms with Gasteiger partial charge in [0.05, 0.1) is 23.1 Å². The zero-order chi connectivity index (χ0) is 22.6. The summed E-state index contributed by atoms with van der Waals surface area (Å²) < 4.78 is 33.1. The number of nitriles is 1. The van der Waals surface area contributed by atoms with Crippen LogP contribution in [0.25, 0.3) is 0 Å². The molecule has 0 saturated carbocycles. The molecule has 0 N–H and O–H groups in total. The van der Waals surface area contributed by atoms with E-state index in [-0.39, 0.29) is 43.2 Å². The van der Waals surface area contributed by atoms with Gasteiger partial charge in [0.15, 0.2) is 0 Å². The number of piperazine rings is 1. The van der Waals surface area contributed by atoms with Crippen LogP contribution in [-0.4, -0.2) is 56.5 Å². The van der Waals surface area contributed by atoms with Crippen molar-refractivity contribution < 1.29 is 17.9 Å². The van der Waals surface area contributed by atoms with Crippen molar-refractivity contribution >= 4 is 51.1 Å². The van der Waals surface area contributed by atoms with Gasteiger partial charge in [-0.25, -0.2) is 13.2 Å². The minimum absolute atomic E-state index is 0.0252. The summed E-state index contributed by atoms with van der Waals surface area (Å²) in [6.07, 6.45) is -0.458. The lowest BCUT2D eigenvalue weighted by Crippen LogP contribution is -2.50. The standard InChI is InChI=1S/C20H19Cl2N3O4S2/c1-2-29-20(26)24-5-7-25(8-6-24)31(27,28)19-9-14(13-23)3-4-18(19)30-17-11-15(21)10-16(22)12-17/h3-4,9-12H,2,5-8H2,1H3. The second-order valence-corrected chi connectivity index (χ2v) is 10.5. The molecule has 2 aromatic rings. The average molecular weight is 500 g/mol. The van der Waals surface area contributed by atoms with Gasteiger partial charge in [-0.3, -0.25) is 0 Å². The summed E-state index contributed by atoms with van der Waals surface area (Å²) in [4.78, 5) is 14.5. The number of halogens is 2. The first kappa shape index (κ1) is 23.7. The van der Waals surface area contributed by atoms with E-state index in [2.05, 4.69) is 0 Å². The largest absolute Gasteiger partial charge is 0.450 e. The molecule has 0 aliphatic carbocycles. The second kappa shape index (κ2) is 10.1. The Kier molecular flexibility index (Phi) is 7.73. The minimum atomic E-state index is -3.91. The zero-order valence-electron chi connectivity index (χ0n) is 16.5. The first-order chi connectivity index (χ1) is 14.7. The molecule has 164 valence electrons. The molecule has 1 aliphatic heterocycles. The third-order valence-electron chi connectivity index (χ3n) is 4.52. The number of carbonyl (C=O) groups excluding carboxylic acids is 1. The molecule has 1 saturated heterocycles. The van der Waals surface area contributed by atoms with Crippen LogP contribution in [0.15, 0.2) is 51.1 Å². The predicted octanol–water partition coefficient (Wildman–Crippen LogP) is 4.48. The molecule has 3 rings (SSSR count). The molecule has 0 bridgehead atoms. The monoisotopic (exact) mass is 499 g/mol. The van der Waals surface area contributed by atoms with E-state index in [9.17, 15) is 18.5 Å². The van der Waals surface area contributed by atoms with Crippen LogP contribution in [0.3, 0.4) is 0 Å². The summed E-state index contributed by atoms with van der Waals surface area (Å²) in [6.45, 7) is 2.68. The van der Waals surface area contributed by atoms with Gasteiger partial charge in [0.2, 0.25) is 10.0 Å².